The summed E-state index contributed by atoms with van der Waals surface area (Å²) in [5.41, 5.74) is 0.0987. The minimum atomic E-state index is -4.29. The van der Waals surface area contributed by atoms with Crippen molar-refractivity contribution in [1.29, 1.82) is 0 Å². The first-order valence-corrected chi connectivity index (χ1v) is 8.63. The zero-order valence-corrected chi connectivity index (χ0v) is 19.8. The number of nitrogens with zero attached hydrogens (tertiary/aromatic N) is 2. The van der Waals surface area contributed by atoms with Gasteiger partial charge in [-0.05, 0) is 52.7 Å². The van der Waals surface area contributed by atoms with Crippen LogP contribution in [0.15, 0.2) is 69.7 Å². The molecule has 0 fully saturated rings. The van der Waals surface area contributed by atoms with Crippen molar-refractivity contribution in [3.05, 3.63) is 60.2 Å². The first-order chi connectivity index (χ1) is 12.2. The summed E-state index contributed by atoms with van der Waals surface area (Å²) in [5.74, 6) is -2.27. The van der Waals surface area contributed by atoms with E-state index in [2.05, 4.69) is 10.2 Å². The van der Waals surface area contributed by atoms with Crippen LogP contribution in [0.5, 0.6) is 5.75 Å². The summed E-state index contributed by atoms with van der Waals surface area (Å²) in [7, 11) is -4.29. The van der Waals surface area contributed by atoms with Crippen LogP contribution in [0, 0.1) is 0 Å². The minimum absolute atomic E-state index is 0. The van der Waals surface area contributed by atoms with Crippen LogP contribution in [0.3, 0.4) is 0 Å². The first kappa shape index (κ1) is 24.7. The van der Waals surface area contributed by atoms with Crippen molar-refractivity contribution in [2.45, 2.75) is 4.90 Å². The molecular weight excluding hydrogens is 406 g/mol. The molecule has 0 radical (unpaired) electrons. The van der Waals surface area contributed by atoms with Gasteiger partial charge in [-0.2, -0.15) is 18.6 Å². The van der Waals surface area contributed by atoms with Crippen LogP contribution >= 0.6 is 0 Å². The Morgan fingerprint density at radius 2 is 1.39 bits per heavy atom. The fourth-order valence-electron chi connectivity index (χ4n) is 2.29. The Morgan fingerprint density at radius 3 is 2.00 bits per heavy atom. The molecule has 0 unspecified atom stereocenters. The molecule has 11 heteroatoms. The number of carboxylic acids is 1. The number of rotatable bonds is 4. The number of hydrogen-bond donors (Lipinski definition) is 1. The number of carboxylic acid groups (broad SMARTS) is 1. The van der Waals surface area contributed by atoms with Gasteiger partial charge in [-0.15, -0.1) is 0 Å². The Morgan fingerprint density at radius 1 is 0.857 bits per heavy atom. The van der Waals surface area contributed by atoms with Crippen LogP contribution in [0.4, 0.5) is 11.4 Å². The second-order valence-electron chi connectivity index (χ2n) is 5.34. The average molecular weight is 416 g/mol. The van der Waals surface area contributed by atoms with Crippen molar-refractivity contribution in [3.63, 3.8) is 0 Å². The molecule has 8 nitrogen and oxygen atoms in total. The molecule has 0 aliphatic carbocycles. The van der Waals surface area contributed by atoms with Gasteiger partial charge in [0.1, 0.15) is 0 Å². The molecule has 0 aromatic heterocycles. The van der Waals surface area contributed by atoms with E-state index in [4.69, 9.17) is 4.55 Å². The summed E-state index contributed by atoms with van der Waals surface area (Å²) in [6.07, 6.45) is 0. The summed E-state index contributed by atoms with van der Waals surface area (Å²) in [5, 5.41) is 31.3. The zero-order valence-electron chi connectivity index (χ0n) is 15.0. The third-order valence-corrected chi connectivity index (χ3v) is 4.41. The van der Waals surface area contributed by atoms with E-state index in [1.165, 1.54) is 24.3 Å². The maximum atomic E-state index is 11.4. The van der Waals surface area contributed by atoms with E-state index in [1.807, 2.05) is 0 Å². The molecule has 0 bridgehead atoms. The summed E-state index contributed by atoms with van der Waals surface area (Å²) in [6.45, 7) is 0. The van der Waals surface area contributed by atoms with E-state index < -0.39 is 27.4 Å². The second kappa shape index (κ2) is 9.95. The van der Waals surface area contributed by atoms with Gasteiger partial charge in [0.15, 0.2) is 0 Å². The van der Waals surface area contributed by atoms with E-state index in [0.29, 0.717) is 16.5 Å². The molecule has 3 rings (SSSR count). The number of hydrogen-bond acceptors (Lipinski definition) is 7. The van der Waals surface area contributed by atoms with Crippen LogP contribution in [0.1, 0.15) is 10.4 Å². The van der Waals surface area contributed by atoms with Crippen molar-refractivity contribution in [1.82, 2.24) is 0 Å². The topological polar surface area (TPSA) is 142 Å². The van der Waals surface area contributed by atoms with Crippen molar-refractivity contribution in [2.24, 2.45) is 10.2 Å². The third-order valence-electron chi connectivity index (χ3n) is 3.56. The van der Waals surface area contributed by atoms with E-state index in [9.17, 15) is 23.4 Å². The fraction of sp³-hybridized carbons (Fsp3) is 0. The number of carbonyl (C=O) groups is 1. The van der Waals surface area contributed by atoms with Crippen LogP contribution in [0.2, 0.25) is 0 Å². The number of aromatic carboxylic acids is 1. The monoisotopic (exact) mass is 416 g/mol. The van der Waals surface area contributed by atoms with Gasteiger partial charge in [0.05, 0.1) is 22.2 Å². The largest absolute Gasteiger partial charge is 1.00 e. The molecule has 3 aromatic carbocycles. The molecular formula is C17H10N2Na2O6S. The first-order valence-electron chi connectivity index (χ1n) is 7.19. The molecule has 0 spiro atoms. The van der Waals surface area contributed by atoms with E-state index in [-0.39, 0.29) is 69.7 Å². The molecule has 0 saturated carbocycles. The predicted octanol–water partition coefficient (Wildman–Crippen LogP) is -4.05. The van der Waals surface area contributed by atoms with E-state index in [0.717, 1.165) is 12.1 Å². The fourth-order valence-corrected chi connectivity index (χ4v) is 2.80. The molecule has 3 aromatic rings. The van der Waals surface area contributed by atoms with E-state index in [1.54, 1.807) is 18.2 Å². The van der Waals surface area contributed by atoms with Crippen LogP contribution < -0.4 is 69.3 Å². The SMILES string of the molecule is O=C([O-])c1cc(N=Nc2ccc3cc(S(=O)(=O)O)ccc3c2)ccc1[O-].[Na+].[Na+]. The second-order valence-corrected chi connectivity index (χ2v) is 6.76. The molecule has 0 aliphatic rings. The van der Waals surface area contributed by atoms with Gasteiger partial charge >= 0.3 is 59.1 Å². The third kappa shape index (κ3) is 5.85. The Balaban J connectivity index is 0.00000196. The standard InChI is InChI=1S/C17H12N2O6S.2Na/c20-16-6-4-13(9-15(16)17(21)22)19-18-12-3-1-11-8-14(26(23,24)25)5-2-10(11)7-12;;/h1-9,20H,(H,21,22)(H,23,24,25);;/q;2*+1/p-2. The predicted molar refractivity (Wildman–Crippen MR) is 88.2 cm³/mol. The molecule has 0 atom stereocenters. The number of benzene rings is 3. The molecule has 1 N–H and O–H groups in total. The Kier molecular flexibility index (Phi) is 8.79. The summed E-state index contributed by atoms with van der Waals surface area (Å²) in [6, 6.07) is 12.4. The minimum Gasteiger partial charge on any atom is -0.872 e. The van der Waals surface area contributed by atoms with E-state index >= 15 is 0 Å². The van der Waals surface area contributed by atoms with Gasteiger partial charge in [0.2, 0.25) is 0 Å². The van der Waals surface area contributed by atoms with Crippen LogP contribution in [-0.2, 0) is 10.1 Å². The molecule has 132 valence electrons. The zero-order chi connectivity index (χ0) is 18.9. The van der Waals surface area contributed by atoms with Crippen molar-refractivity contribution >= 4 is 38.2 Å². The molecule has 28 heavy (non-hydrogen) atoms. The number of fused-ring (bicyclic) bond motifs is 1. The molecule has 0 heterocycles. The van der Waals surface area contributed by atoms with Gasteiger partial charge in [0, 0.05) is 0 Å². The van der Waals surface area contributed by atoms with Gasteiger partial charge in [-0.3, -0.25) is 4.55 Å². The van der Waals surface area contributed by atoms with Gasteiger partial charge < -0.3 is 15.0 Å². The Hall–Kier alpha value is -1.30. The summed E-state index contributed by atoms with van der Waals surface area (Å²) in [4.78, 5) is 10.6. The normalized spacial score (nSPS) is 11.0. The van der Waals surface area contributed by atoms with Gasteiger partial charge in [0.25, 0.3) is 10.1 Å². The van der Waals surface area contributed by atoms with Crippen LogP contribution in [0.25, 0.3) is 10.8 Å². The van der Waals surface area contributed by atoms with Crippen molar-refractivity contribution in [2.75, 3.05) is 0 Å². The average Bonchev–Trinajstić information content (AvgIpc) is 2.59. The molecule has 0 amide bonds. The molecule has 0 saturated heterocycles. The number of carbonyl (C=O) groups excluding carboxylic acids is 1. The van der Waals surface area contributed by atoms with Crippen molar-refractivity contribution < 1.29 is 87.1 Å². The number of azo groups is 1. The van der Waals surface area contributed by atoms with Crippen LogP contribution in [-0.4, -0.2) is 18.9 Å². The Bertz CT molecular complexity index is 1170. The van der Waals surface area contributed by atoms with Gasteiger partial charge in [-0.25, -0.2) is 0 Å². The molecule has 0 aliphatic heterocycles. The summed E-state index contributed by atoms with van der Waals surface area (Å²) >= 11 is 0. The Labute approximate surface area is 204 Å². The summed E-state index contributed by atoms with van der Waals surface area (Å²) < 4.78 is 31.4. The maximum Gasteiger partial charge on any atom is 1.00 e. The van der Waals surface area contributed by atoms with Crippen molar-refractivity contribution in [3.8, 4) is 5.75 Å². The maximum absolute atomic E-state index is 11.4. The smallest absolute Gasteiger partial charge is 0.872 e. The quantitative estimate of drug-likeness (QED) is 0.261. The van der Waals surface area contributed by atoms with Gasteiger partial charge in [-0.1, -0.05) is 23.9 Å².